The molecule has 0 aromatic heterocycles. The van der Waals surface area contributed by atoms with Crippen LogP contribution in [-0.4, -0.2) is 62.0 Å². The monoisotopic (exact) mass is 449 g/mol. The Morgan fingerprint density at radius 3 is 2.42 bits per heavy atom. The number of methoxy groups -OCH3 is 1. The molecule has 0 bridgehead atoms. The Morgan fingerprint density at radius 1 is 1.03 bits per heavy atom. The number of likely N-dealkylation sites (N-methyl/N-ethyl adjacent to an activating group) is 1. The molecule has 2 aromatic rings. The number of likely N-dealkylation sites (tertiary alicyclic amines) is 1. The second-order valence-corrected chi connectivity index (χ2v) is 9.10. The topological polar surface area (TPSA) is 61.9 Å². The number of rotatable bonds is 7. The van der Waals surface area contributed by atoms with Gasteiger partial charge in [-0.2, -0.15) is 0 Å². The van der Waals surface area contributed by atoms with Crippen molar-refractivity contribution in [2.24, 2.45) is 0 Å². The van der Waals surface area contributed by atoms with Gasteiger partial charge in [0.2, 0.25) is 5.91 Å². The fourth-order valence-electron chi connectivity index (χ4n) is 5.16. The molecule has 1 N–H and O–H groups in total. The molecule has 2 amide bonds. The maximum Gasteiger partial charge on any atom is 0.254 e. The van der Waals surface area contributed by atoms with E-state index in [1.807, 2.05) is 48.5 Å². The molecule has 2 aromatic carbocycles. The summed E-state index contributed by atoms with van der Waals surface area (Å²) in [5, 5.41) is 3.18. The number of amides is 2. The molecule has 33 heavy (non-hydrogen) atoms. The van der Waals surface area contributed by atoms with Crippen LogP contribution in [0, 0.1) is 0 Å². The van der Waals surface area contributed by atoms with Crippen LogP contribution in [0.5, 0.6) is 5.75 Å². The molecule has 0 radical (unpaired) electrons. The Bertz CT molecular complexity index is 951. The van der Waals surface area contributed by atoms with Gasteiger partial charge in [-0.1, -0.05) is 43.2 Å². The van der Waals surface area contributed by atoms with Gasteiger partial charge < -0.3 is 19.9 Å². The summed E-state index contributed by atoms with van der Waals surface area (Å²) in [6, 6.07) is 14.8. The van der Waals surface area contributed by atoms with Gasteiger partial charge in [0.1, 0.15) is 5.75 Å². The second kappa shape index (κ2) is 10.8. The van der Waals surface area contributed by atoms with E-state index >= 15 is 0 Å². The first-order valence-electron chi connectivity index (χ1n) is 12.1. The van der Waals surface area contributed by atoms with Gasteiger partial charge in [-0.15, -0.1) is 0 Å². The molecule has 1 fully saturated rings. The summed E-state index contributed by atoms with van der Waals surface area (Å²) in [6.07, 6.45) is 6.13. The number of nitrogens with zero attached hydrogens (tertiary/aromatic N) is 2. The van der Waals surface area contributed by atoms with E-state index in [0.29, 0.717) is 12.1 Å². The molecular weight excluding hydrogens is 414 g/mol. The molecule has 2 unspecified atom stereocenters. The van der Waals surface area contributed by atoms with Crippen LogP contribution >= 0.6 is 0 Å². The Morgan fingerprint density at radius 2 is 1.73 bits per heavy atom. The summed E-state index contributed by atoms with van der Waals surface area (Å²) in [5.41, 5.74) is 2.33. The maximum absolute atomic E-state index is 13.5. The summed E-state index contributed by atoms with van der Waals surface area (Å²) in [5.74, 6) is 0.198. The van der Waals surface area contributed by atoms with Crippen LogP contribution in [0.1, 0.15) is 65.5 Å². The highest BCUT2D eigenvalue weighted by Gasteiger charge is 2.42. The third-order valence-electron chi connectivity index (χ3n) is 6.97. The molecule has 1 saturated heterocycles. The van der Waals surface area contributed by atoms with Crippen molar-refractivity contribution < 1.29 is 14.3 Å². The van der Waals surface area contributed by atoms with Crippen molar-refractivity contribution in [3.63, 3.8) is 0 Å². The van der Waals surface area contributed by atoms with Crippen LogP contribution in [0.2, 0.25) is 0 Å². The lowest BCUT2D eigenvalue weighted by molar-refractivity contribution is -0.124. The molecule has 176 valence electrons. The van der Waals surface area contributed by atoms with E-state index in [1.54, 1.807) is 19.1 Å². The molecule has 2 aliphatic rings. The van der Waals surface area contributed by atoms with Crippen molar-refractivity contribution in [3.05, 3.63) is 65.2 Å². The van der Waals surface area contributed by atoms with Crippen molar-refractivity contribution in [2.75, 3.05) is 40.3 Å². The molecule has 6 nitrogen and oxygen atoms in total. The standard InChI is InChI=1S/C27H35N3O3/c1-29-25(20-12-14-21(33-2)15-13-20)24(22-10-5-6-11-23(22)27(29)32)26(31)28-16-9-19-30-17-7-3-4-8-18-30/h5-6,10-15,24-25H,3-4,7-9,16-19H2,1-2H3,(H,28,31). The first-order valence-corrected chi connectivity index (χ1v) is 12.1. The fourth-order valence-corrected chi connectivity index (χ4v) is 5.16. The van der Waals surface area contributed by atoms with Gasteiger partial charge in [-0.25, -0.2) is 0 Å². The summed E-state index contributed by atoms with van der Waals surface area (Å²) in [4.78, 5) is 30.9. The van der Waals surface area contributed by atoms with Crippen molar-refractivity contribution >= 4 is 11.8 Å². The zero-order valence-corrected chi connectivity index (χ0v) is 19.8. The predicted molar refractivity (Wildman–Crippen MR) is 130 cm³/mol. The molecule has 2 aliphatic heterocycles. The average molecular weight is 450 g/mol. The van der Waals surface area contributed by atoms with E-state index in [2.05, 4.69) is 10.2 Å². The van der Waals surface area contributed by atoms with Crippen LogP contribution in [0.3, 0.4) is 0 Å². The normalized spacial score (nSPS) is 21.3. The fraction of sp³-hybridized carbons (Fsp3) is 0.481. The molecule has 0 aliphatic carbocycles. The second-order valence-electron chi connectivity index (χ2n) is 9.10. The molecule has 2 heterocycles. The van der Waals surface area contributed by atoms with Crippen molar-refractivity contribution in [2.45, 2.75) is 44.1 Å². The van der Waals surface area contributed by atoms with E-state index in [1.165, 1.54) is 25.7 Å². The third kappa shape index (κ3) is 5.22. The van der Waals surface area contributed by atoms with E-state index in [4.69, 9.17) is 4.74 Å². The minimum absolute atomic E-state index is 0.0292. The van der Waals surface area contributed by atoms with Crippen LogP contribution in [-0.2, 0) is 4.79 Å². The lowest BCUT2D eigenvalue weighted by Gasteiger charge is -2.39. The molecule has 0 spiro atoms. The van der Waals surface area contributed by atoms with Gasteiger partial charge in [0.25, 0.3) is 5.91 Å². The summed E-state index contributed by atoms with van der Waals surface area (Å²) in [7, 11) is 3.41. The molecule has 6 heteroatoms. The van der Waals surface area contributed by atoms with Crippen LogP contribution in [0.4, 0.5) is 0 Å². The van der Waals surface area contributed by atoms with Crippen LogP contribution < -0.4 is 10.1 Å². The summed E-state index contributed by atoms with van der Waals surface area (Å²) >= 11 is 0. The minimum atomic E-state index is -0.463. The number of carbonyl (C=O) groups excluding carboxylic acids is 2. The average Bonchev–Trinajstić information content (AvgIpc) is 3.13. The van der Waals surface area contributed by atoms with Crippen LogP contribution in [0.15, 0.2) is 48.5 Å². The third-order valence-corrected chi connectivity index (χ3v) is 6.97. The molecule has 2 atom stereocenters. The van der Waals surface area contributed by atoms with E-state index < -0.39 is 5.92 Å². The Balaban J connectivity index is 1.51. The number of hydrogen-bond acceptors (Lipinski definition) is 4. The van der Waals surface area contributed by atoms with E-state index in [9.17, 15) is 9.59 Å². The summed E-state index contributed by atoms with van der Waals surface area (Å²) in [6.45, 7) is 3.98. The zero-order chi connectivity index (χ0) is 23.2. The van der Waals surface area contributed by atoms with E-state index in [0.717, 1.165) is 42.9 Å². The highest BCUT2D eigenvalue weighted by Crippen LogP contribution is 2.42. The maximum atomic E-state index is 13.5. The van der Waals surface area contributed by atoms with Crippen molar-refractivity contribution in [1.29, 1.82) is 0 Å². The number of fused-ring (bicyclic) bond motifs is 1. The van der Waals surface area contributed by atoms with Crippen molar-refractivity contribution in [1.82, 2.24) is 15.1 Å². The van der Waals surface area contributed by atoms with Gasteiger partial charge in [-0.3, -0.25) is 9.59 Å². The quantitative estimate of drug-likeness (QED) is 0.650. The Labute approximate surface area is 196 Å². The highest BCUT2D eigenvalue weighted by atomic mass is 16.5. The molecular formula is C27H35N3O3. The lowest BCUT2D eigenvalue weighted by atomic mass is 9.79. The predicted octanol–water partition coefficient (Wildman–Crippen LogP) is 3.99. The molecule has 0 saturated carbocycles. The van der Waals surface area contributed by atoms with E-state index in [-0.39, 0.29) is 17.9 Å². The van der Waals surface area contributed by atoms with Gasteiger partial charge in [-0.05, 0) is 68.2 Å². The van der Waals surface area contributed by atoms with Gasteiger partial charge in [0, 0.05) is 19.2 Å². The van der Waals surface area contributed by atoms with Crippen LogP contribution in [0.25, 0.3) is 0 Å². The number of ether oxygens (including phenoxy) is 1. The Kier molecular flexibility index (Phi) is 7.65. The summed E-state index contributed by atoms with van der Waals surface area (Å²) < 4.78 is 5.29. The lowest BCUT2D eigenvalue weighted by Crippen LogP contribution is -2.46. The molecule has 4 rings (SSSR count). The van der Waals surface area contributed by atoms with Gasteiger partial charge in [0.05, 0.1) is 19.1 Å². The number of hydrogen-bond donors (Lipinski definition) is 1. The van der Waals surface area contributed by atoms with Gasteiger partial charge >= 0.3 is 0 Å². The van der Waals surface area contributed by atoms with Crippen molar-refractivity contribution in [3.8, 4) is 5.75 Å². The zero-order valence-electron chi connectivity index (χ0n) is 19.8. The number of carbonyl (C=O) groups is 2. The smallest absolute Gasteiger partial charge is 0.254 e. The largest absolute Gasteiger partial charge is 0.497 e. The number of nitrogens with one attached hydrogen (secondary N) is 1. The number of benzene rings is 2. The Hall–Kier alpha value is -2.86. The first kappa shape index (κ1) is 23.3. The highest BCUT2D eigenvalue weighted by molar-refractivity contribution is 6.01. The minimum Gasteiger partial charge on any atom is -0.497 e. The first-order chi connectivity index (χ1) is 16.1. The SMILES string of the molecule is COc1ccc(C2C(C(=O)NCCCN3CCCCCC3)c3ccccc3C(=O)N2C)cc1. The van der Waals surface area contributed by atoms with Gasteiger partial charge in [0.15, 0.2) is 0 Å².